The minimum Gasteiger partial charge on any atom is -0.376 e. The zero-order valence-electron chi connectivity index (χ0n) is 16.9. The van der Waals surface area contributed by atoms with Gasteiger partial charge in [-0.2, -0.15) is 10.4 Å². The normalized spacial score (nSPS) is 20.2. The van der Waals surface area contributed by atoms with Gasteiger partial charge in [0.1, 0.15) is 18.7 Å². The zero-order valence-corrected chi connectivity index (χ0v) is 16.9. The van der Waals surface area contributed by atoms with E-state index >= 15 is 0 Å². The predicted molar refractivity (Wildman–Crippen MR) is 111 cm³/mol. The van der Waals surface area contributed by atoms with E-state index in [0.717, 1.165) is 22.6 Å². The van der Waals surface area contributed by atoms with E-state index in [1.165, 1.54) is 44.9 Å². The zero-order chi connectivity index (χ0) is 20.2. The Labute approximate surface area is 171 Å². The monoisotopic (exact) mass is 392 g/mol. The third-order valence-electron chi connectivity index (χ3n) is 6.32. The molecule has 3 atom stereocenters. The summed E-state index contributed by atoms with van der Waals surface area (Å²) in [6.45, 7) is 2.12. The summed E-state index contributed by atoms with van der Waals surface area (Å²) in [6.07, 6.45) is 15.1. The molecule has 2 unspecified atom stereocenters. The molecule has 3 aromatic rings. The van der Waals surface area contributed by atoms with Crippen molar-refractivity contribution >= 4 is 11.0 Å². The maximum absolute atomic E-state index is 9.47. The number of hydrogen-bond acceptors (Lipinski definition) is 5. The highest BCUT2D eigenvalue weighted by Crippen LogP contribution is 2.41. The lowest BCUT2D eigenvalue weighted by molar-refractivity contribution is 0.215. The largest absolute Gasteiger partial charge is 0.376 e. The van der Waals surface area contributed by atoms with Gasteiger partial charge in [0.15, 0.2) is 0 Å². The van der Waals surface area contributed by atoms with E-state index in [1.54, 1.807) is 10.8 Å². The number of aromatic nitrogens is 5. The lowest BCUT2D eigenvalue weighted by atomic mass is 9.93. The van der Waals surface area contributed by atoms with Crippen LogP contribution in [0.4, 0.5) is 0 Å². The number of nitriles is 1. The number of nitrogens with zero attached hydrogens (tertiary/aromatic N) is 6. The van der Waals surface area contributed by atoms with Crippen LogP contribution < -0.4 is 0 Å². The molecular formula is C22H28N6O. The standard InChI is InChI=1S/C22H28N6O/c1-2-3-4-16-5-6-17(11-16)20(7-9-23)28-13-18(12-26-28)21-19-8-10-27(15-29)22(19)25-14-24-21/h8,10,12-14,16-17,20,29H,2-7,11,15H2,1H3/t16?,17-,20?/m1/s1. The van der Waals surface area contributed by atoms with E-state index in [0.29, 0.717) is 18.0 Å². The Kier molecular flexibility index (Phi) is 5.91. The first-order valence-corrected chi connectivity index (χ1v) is 10.6. The van der Waals surface area contributed by atoms with Gasteiger partial charge in [0.05, 0.1) is 30.4 Å². The maximum atomic E-state index is 9.47. The van der Waals surface area contributed by atoms with Gasteiger partial charge in [0, 0.05) is 23.3 Å². The average Bonchev–Trinajstić information content (AvgIpc) is 3.49. The second-order valence-corrected chi connectivity index (χ2v) is 8.11. The summed E-state index contributed by atoms with van der Waals surface area (Å²) < 4.78 is 3.65. The van der Waals surface area contributed by atoms with Crippen LogP contribution in [0.15, 0.2) is 31.0 Å². The number of aliphatic hydroxyl groups is 1. The summed E-state index contributed by atoms with van der Waals surface area (Å²) in [5.41, 5.74) is 2.42. The van der Waals surface area contributed by atoms with Crippen LogP contribution in [-0.4, -0.2) is 29.4 Å². The molecular weight excluding hydrogens is 364 g/mol. The van der Waals surface area contributed by atoms with Crippen molar-refractivity contribution in [2.24, 2.45) is 11.8 Å². The fourth-order valence-electron chi connectivity index (χ4n) is 4.78. The molecule has 1 aliphatic carbocycles. The molecule has 1 aliphatic rings. The van der Waals surface area contributed by atoms with Crippen LogP contribution >= 0.6 is 0 Å². The van der Waals surface area contributed by atoms with Crippen LogP contribution in [0.2, 0.25) is 0 Å². The molecule has 0 radical (unpaired) electrons. The first-order chi connectivity index (χ1) is 14.2. The van der Waals surface area contributed by atoms with E-state index in [-0.39, 0.29) is 12.8 Å². The highest BCUT2D eigenvalue weighted by molar-refractivity contribution is 5.90. The Morgan fingerprint density at radius 3 is 3.03 bits per heavy atom. The van der Waals surface area contributed by atoms with Crippen LogP contribution in [0, 0.1) is 23.2 Å². The summed E-state index contributed by atoms with van der Waals surface area (Å²) in [5, 5.41) is 24.4. The third kappa shape index (κ3) is 3.90. The molecule has 1 fully saturated rings. The molecule has 0 bridgehead atoms. The number of hydrogen-bond donors (Lipinski definition) is 1. The van der Waals surface area contributed by atoms with Crippen LogP contribution in [0.1, 0.15) is 57.9 Å². The summed E-state index contributed by atoms with van der Waals surface area (Å²) in [4.78, 5) is 8.75. The van der Waals surface area contributed by atoms with Gasteiger partial charge < -0.3 is 9.67 Å². The van der Waals surface area contributed by atoms with Gasteiger partial charge in [0.25, 0.3) is 0 Å². The molecule has 0 saturated heterocycles. The Morgan fingerprint density at radius 2 is 2.24 bits per heavy atom. The van der Waals surface area contributed by atoms with Crippen LogP contribution in [-0.2, 0) is 6.73 Å². The number of aliphatic hydroxyl groups excluding tert-OH is 1. The smallest absolute Gasteiger partial charge is 0.145 e. The molecule has 3 heterocycles. The molecule has 0 spiro atoms. The van der Waals surface area contributed by atoms with E-state index in [9.17, 15) is 10.4 Å². The molecule has 1 saturated carbocycles. The fraction of sp³-hybridized carbons (Fsp3) is 0.545. The topological polar surface area (TPSA) is 92.5 Å². The average molecular weight is 393 g/mol. The van der Waals surface area contributed by atoms with Crippen molar-refractivity contribution in [3.8, 4) is 17.3 Å². The second-order valence-electron chi connectivity index (χ2n) is 8.11. The first kappa shape index (κ1) is 19.6. The van der Waals surface area contributed by atoms with E-state index in [4.69, 9.17) is 0 Å². The van der Waals surface area contributed by atoms with Gasteiger partial charge in [-0.05, 0) is 30.7 Å². The highest BCUT2D eigenvalue weighted by Gasteiger charge is 2.32. The lowest BCUT2D eigenvalue weighted by Gasteiger charge is -2.22. The summed E-state index contributed by atoms with van der Waals surface area (Å²) >= 11 is 0. The first-order valence-electron chi connectivity index (χ1n) is 10.6. The van der Waals surface area contributed by atoms with E-state index in [1.807, 2.05) is 23.1 Å². The molecule has 4 rings (SSSR count). The molecule has 7 heteroatoms. The summed E-state index contributed by atoms with van der Waals surface area (Å²) in [6, 6.07) is 4.40. The Balaban J connectivity index is 1.59. The highest BCUT2D eigenvalue weighted by atomic mass is 16.3. The molecule has 0 aliphatic heterocycles. The van der Waals surface area contributed by atoms with E-state index < -0.39 is 0 Å². The Bertz CT molecular complexity index is 1000. The maximum Gasteiger partial charge on any atom is 0.145 e. The van der Waals surface area contributed by atoms with Gasteiger partial charge in [0.2, 0.25) is 0 Å². The van der Waals surface area contributed by atoms with Gasteiger partial charge >= 0.3 is 0 Å². The number of unbranched alkanes of at least 4 members (excludes halogenated alkanes) is 1. The predicted octanol–water partition coefficient (Wildman–Crippen LogP) is 4.31. The lowest BCUT2D eigenvalue weighted by Crippen LogP contribution is -2.18. The number of fused-ring (bicyclic) bond motifs is 1. The third-order valence-corrected chi connectivity index (χ3v) is 6.32. The summed E-state index contributed by atoms with van der Waals surface area (Å²) in [7, 11) is 0. The molecule has 0 amide bonds. The minimum absolute atomic E-state index is 0.111. The van der Waals surface area contributed by atoms with Gasteiger partial charge in [-0.3, -0.25) is 4.68 Å². The van der Waals surface area contributed by atoms with Crippen LogP contribution in [0.5, 0.6) is 0 Å². The van der Waals surface area contributed by atoms with Crippen LogP contribution in [0.25, 0.3) is 22.3 Å². The molecule has 29 heavy (non-hydrogen) atoms. The van der Waals surface area contributed by atoms with Crippen LogP contribution in [0.3, 0.4) is 0 Å². The minimum atomic E-state index is -0.121. The van der Waals surface area contributed by atoms with Crippen molar-refractivity contribution in [3.63, 3.8) is 0 Å². The van der Waals surface area contributed by atoms with Gasteiger partial charge in [-0.1, -0.05) is 32.6 Å². The van der Waals surface area contributed by atoms with Crippen molar-refractivity contribution in [3.05, 3.63) is 31.0 Å². The molecule has 3 aromatic heterocycles. The second kappa shape index (κ2) is 8.75. The van der Waals surface area contributed by atoms with Crippen molar-refractivity contribution in [1.82, 2.24) is 24.3 Å². The molecule has 1 N–H and O–H groups in total. The SMILES string of the molecule is CCCCC1CC[C@@H](C(CC#N)n2cc(-c3ncnc4c3ccn4CO)cn2)C1. The summed E-state index contributed by atoms with van der Waals surface area (Å²) in [5.74, 6) is 1.29. The van der Waals surface area contributed by atoms with Crippen molar-refractivity contribution < 1.29 is 5.11 Å². The Hall–Kier alpha value is -2.72. The fourth-order valence-corrected chi connectivity index (χ4v) is 4.78. The molecule has 0 aromatic carbocycles. The van der Waals surface area contributed by atoms with Gasteiger partial charge in [-0.25, -0.2) is 9.97 Å². The van der Waals surface area contributed by atoms with Crippen molar-refractivity contribution in [1.29, 1.82) is 5.26 Å². The van der Waals surface area contributed by atoms with Gasteiger partial charge in [-0.15, -0.1) is 0 Å². The molecule has 7 nitrogen and oxygen atoms in total. The number of rotatable bonds is 8. The quantitative estimate of drug-likeness (QED) is 0.617. The molecule has 152 valence electrons. The van der Waals surface area contributed by atoms with Crippen molar-refractivity contribution in [2.45, 2.75) is 64.6 Å². The van der Waals surface area contributed by atoms with E-state index in [2.05, 4.69) is 28.1 Å². The Morgan fingerprint density at radius 1 is 1.34 bits per heavy atom. The van der Waals surface area contributed by atoms with Crippen molar-refractivity contribution in [2.75, 3.05) is 0 Å².